The van der Waals surface area contributed by atoms with E-state index in [0.717, 1.165) is 45.1 Å². The molecule has 1 aliphatic rings. The summed E-state index contributed by atoms with van der Waals surface area (Å²) in [6.07, 6.45) is 6.75. The van der Waals surface area contributed by atoms with Crippen LogP contribution in [0.3, 0.4) is 0 Å². The lowest BCUT2D eigenvalue weighted by Gasteiger charge is -2.16. The van der Waals surface area contributed by atoms with Crippen LogP contribution in [0.25, 0.3) is 0 Å². The van der Waals surface area contributed by atoms with Crippen LogP contribution >= 0.6 is 0 Å². The fourth-order valence-corrected chi connectivity index (χ4v) is 2.14. The average Bonchev–Trinajstić information content (AvgIpc) is 2.80. The maximum atomic E-state index is 11.9. The number of ether oxygens (including phenoxy) is 1. The summed E-state index contributed by atoms with van der Waals surface area (Å²) in [6, 6.07) is 0. The highest BCUT2D eigenvalue weighted by Gasteiger charge is 2.19. The van der Waals surface area contributed by atoms with E-state index in [2.05, 4.69) is 19.2 Å². The molecule has 0 bridgehead atoms. The lowest BCUT2D eigenvalue weighted by Crippen LogP contribution is -2.36. The molecule has 0 radical (unpaired) electrons. The summed E-state index contributed by atoms with van der Waals surface area (Å²) in [5.74, 6) is 0.410. The van der Waals surface area contributed by atoms with Crippen LogP contribution in [0.1, 0.15) is 52.4 Å². The van der Waals surface area contributed by atoms with Crippen LogP contribution in [-0.4, -0.2) is 25.2 Å². The van der Waals surface area contributed by atoms with Crippen molar-refractivity contribution >= 4 is 5.91 Å². The molecule has 1 aliphatic heterocycles. The van der Waals surface area contributed by atoms with E-state index < -0.39 is 0 Å². The fourth-order valence-electron chi connectivity index (χ4n) is 2.14. The first-order valence-electron chi connectivity index (χ1n) is 6.67. The zero-order chi connectivity index (χ0) is 11.8. The van der Waals surface area contributed by atoms with E-state index in [1.165, 1.54) is 0 Å². The van der Waals surface area contributed by atoms with Crippen molar-refractivity contribution < 1.29 is 9.53 Å². The molecule has 2 atom stereocenters. The summed E-state index contributed by atoms with van der Waals surface area (Å²) in [7, 11) is 0. The minimum absolute atomic E-state index is 0.196. The molecule has 1 N–H and O–H groups in total. The molecule has 1 saturated heterocycles. The Morgan fingerprint density at radius 3 is 2.88 bits per heavy atom. The second-order valence-corrected chi connectivity index (χ2v) is 4.63. The van der Waals surface area contributed by atoms with E-state index in [9.17, 15) is 4.79 Å². The van der Waals surface area contributed by atoms with Crippen molar-refractivity contribution in [3.63, 3.8) is 0 Å². The monoisotopic (exact) mass is 227 g/mol. The summed E-state index contributed by atoms with van der Waals surface area (Å²) in [4.78, 5) is 11.9. The molecule has 0 aromatic carbocycles. The Labute approximate surface area is 98.9 Å². The van der Waals surface area contributed by atoms with Gasteiger partial charge in [0.25, 0.3) is 0 Å². The van der Waals surface area contributed by atoms with Gasteiger partial charge < -0.3 is 10.1 Å². The first-order valence-corrected chi connectivity index (χ1v) is 6.67. The normalized spacial score (nSPS) is 22.0. The Morgan fingerprint density at radius 2 is 2.31 bits per heavy atom. The SMILES string of the molecule is CCCC[C@@H](CC)C(=O)NC[C@H]1CCCO1. The predicted octanol–water partition coefficient (Wildman–Crippen LogP) is 2.50. The van der Waals surface area contributed by atoms with Crippen molar-refractivity contribution in [1.29, 1.82) is 0 Å². The lowest BCUT2D eigenvalue weighted by molar-refractivity contribution is -0.125. The third kappa shape index (κ3) is 4.52. The number of nitrogens with one attached hydrogen (secondary N) is 1. The predicted molar refractivity (Wildman–Crippen MR) is 65.3 cm³/mol. The number of carbonyl (C=O) groups is 1. The van der Waals surface area contributed by atoms with Crippen molar-refractivity contribution in [2.24, 2.45) is 5.92 Å². The van der Waals surface area contributed by atoms with E-state index >= 15 is 0 Å². The molecule has 0 aromatic rings. The maximum Gasteiger partial charge on any atom is 0.223 e. The number of hydrogen-bond donors (Lipinski definition) is 1. The minimum Gasteiger partial charge on any atom is -0.376 e. The van der Waals surface area contributed by atoms with Crippen LogP contribution in [0.4, 0.5) is 0 Å². The van der Waals surface area contributed by atoms with Crippen molar-refractivity contribution in [2.75, 3.05) is 13.2 Å². The Kier molecular flexibility index (Phi) is 6.46. The Hall–Kier alpha value is -0.570. The average molecular weight is 227 g/mol. The molecule has 0 saturated carbocycles. The number of unbranched alkanes of at least 4 members (excludes halogenated alkanes) is 1. The fraction of sp³-hybridized carbons (Fsp3) is 0.923. The van der Waals surface area contributed by atoms with Crippen LogP contribution in [0.2, 0.25) is 0 Å². The second-order valence-electron chi connectivity index (χ2n) is 4.63. The topological polar surface area (TPSA) is 38.3 Å². The molecule has 1 amide bonds. The van der Waals surface area contributed by atoms with Crippen LogP contribution in [0.15, 0.2) is 0 Å². The largest absolute Gasteiger partial charge is 0.376 e. The zero-order valence-corrected chi connectivity index (χ0v) is 10.6. The maximum absolute atomic E-state index is 11.9. The summed E-state index contributed by atoms with van der Waals surface area (Å²) in [5, 5.41) is 3.02. The molecule has 1 heterocycles. The molecule has 0 spiro atoms. The molecule has 0 aromatic heterocycles. The van der Waals surface area contributed by atoms with E-state index in [1.807, 2.05) is 0 Å². The first-order chi connectivity index (χ1) is 7.77. The summed E-state index contributed by atoms with van der Waals surface area (Å²) < 4.78 is 5.48. The molecule has 16 heavy (non-hydrogen) atoms. The molecule has 3 heteroatoms. The van der Waals surface area contributed by atoms with Crippen molar-refractivity contribution in [3.05, 3.63) is 0 Å². The van der Waals surface area contributed by atoms with Gasteiger partial charge in [0.05, 0.1) is 6.10 Å². The van der Waals surface area contributed by atoms with Gasteiger partial charge in [0.15, 0.2) is 0 Å². The Bertz CT molecular complexity index is 200. The standard InChI is InChI=1S/C13H25NO2/c1-3-5-7-11(4-2)13(15)14-10-12-8-6-9-16-12/h11-12H,3-10H2,1-2H3,(H,14,15)/t11-,12-/m1/s1. The number of hydrogen-bond acceptors (Lipinski definition) is 2. The van der Waals surface area contributed by atoms with E-state index in [1.54, 1.807) is 0 Å². The Morgan fingerprint density at radius 1 is 1.50 bits per heavy atom. The molecular weight excluding hydrogens is 202 g/mol. The first kappa shape index (κ1) is 13.5. The molecule has 3 nitrogen and oxygen atoms in total. The highest BCUT2D eigenvalue weighted by molar-refractivity contribution is 5.78. The van der Waals surface area contributed by atoms with Gasteiger partial charge in [-0.15, -0.1) is 0 Å². The van der Waals surface area contributed by atoms with Crippen LogP contribution in [0, 0.1) is 5.92 Å². The second kappa shape index (κ2) is 7.66. The van der Waals surface area contributed by atoms with Crippen LogP contribution < -0.4 is 5.32 Å². The van der Waals surface area contributed by atoms with E-state index in [-0.39, 0.29) is 17.9 Å². The van der Waals surface area contributed by atoms with Crippen LogP contribution in [-0.2, 0) is 9.53 Å². The number of carbonyl (C=O) groups excluding carboxylic acids is 1. The van der Waals surface area contributed by atoms with Gasteiger partial charge in [-0.05, 0) is 25.7 Å². The van der Waals surface area contributed by atoms with Gasteiger partial charge >= 0.3 is 0 Å². The summed E-state index contributed by atoms with van der Waals surface area (Å²) in [6.45, 7) is 5.80. The third-order valence-electron chi connectivity index (χ3n) is 3.30. The van der Waals surface area contributed by atoms with Gasteiger partial charge in [-0.25, -0.2) is 0 Å². The molecule has 1 rings (SSSR count). The van der Waals surface area contributed by atoms with Crippen molar-refractivity contribution in [3.8, 4) is 0 Å². The van der Waals surface area contributed by atoms with Crippen molar-refractivity contribution in [2.45, 2.75) is 58.5 Å². The molecule has 94 valence electrons. The molecule has 0 aliphatic carbocycles. The van der Waals surface area contributed by atoms with E-state index in [4.69, 9.17) is 4.74 Å². The molecular formula is C13H25NO2. The quantitative estimate of drug-likeness (QED) is 0.725. The van der Waals surface area contributed by atoms with Crippen LogP contribution in [0.5, 0.6) is 0 Å². The third-order valence-corrected chi connectivity index (χ3v) is 3.30. The van der Waals surface area contributed by atoms with Gasteiger partial charge in [-0.3, -0.25) is 4.79 Å². The van der Waals surface area contributed by atoms with E-state index in [0.29, 0.717) is 6.54 Å². The number of amides is 1. The van der Waals surface area contributed by atoms with Gasteiger partial charge in [0.1, 0.15) is 0 Å². The lowest BCUT2D eigenvalue weighted by atomic mass is 9.98. The van der Waals surface area contributed by atoms with Gasteiger partial charge in [0.2, 0.25) is 5.91 Å². The smallest absolute Gasteiger partial charge is 0.223 e. The van der Waals surface area contributed by atoms with Gasteiger partial charge in [-0.1, -0.05) is 26.7 Å². The molecule has 0 unspecified atom stereocenters. The minimum atomic E-state index is 0.196. The summed E-state index contributed by atoms with van der Waals surface area (Å²) >= 11 is 0. The van der Waals surface area contributed by atoms with Crippen molar-refractivity contribution in [1.82, 2.24) is 5.32 Å². The highest BCUT2D eigenvalue weighted by atomic mass is 16.5. The Balaban J connectivity index is 2.19. The molecule has 1 fully saturated rings. The van der Waals surface area contributed by atoms with Gasteiger partial charge in [0, 0.05) is 19.1 Å². The zero-order valence-electron chi connectivity index (χ0n) is 10.6. The summed E-state index contributed by atoms with van der Waals surface area (Å²) in [5.41, 5.74) is 0. The highest BCUT2D eigenvalue weighted by Crippen LogP contribution is 2.14. The number of rotatable bonds is 7. The van der Waals surface area contributed by atoms with Gasteiger partial charge in [-0.2, -0.15) is 0 Å².